The molecule has 104 valence electrons. The minimum Gasteiger partial charge on any atom is -0.368 e. The lowest BCUT2D eigenvalue weighted by Crippen LogP contribution is -2.24. The smallest absolute Gasteiger partial charge is 0.143 e. The summed E-state index contributed by atoms with van der Waals surface area (Å²) in [6.07, 6.45) is 5.84. The first-order valence-electron chi connectivity index (χ1n) is 7.05. The molecule has 0 N–H and O–H groups in total. The van der Waals surface area contributed by atoms with Crippen molar-refractivity contribution in [2.45, 2.75) is 6.42 Å². The van der Waals surface area contributed by atoms with Crippen molar-refractivity contribution in [3.8, 4) is 11.8 Å². The topological polar surface area (TPSA) is 29.0 Å². The average Bonchev–Trinajstić information content (AvgIpc) is 3.07. The summed E-state index contributed by atoms with van der Waals surface area (Å²) >= 11 is 0. The molecule has 1 aliphatic carbocycles. The molecule has 2 atom stereocenters. The van der Waals surface area contributed by atoms with Gasteiger partial charge in [0.15, 0.2) is 0 Å². The van der Waals surface area contributed by atoms with Gasteiger partial charge < -0.3 is 4.90 Å². The van der Waals surface area contributed by atoms with Crippen LogP contribution in [0.4, 0.5) is 10.1 Å². The predicted octanol–water partition coefficient (Wildman–Crippen LogP) is 2.49. The summed E-state index contributed by atoms with van der Waals surface area (Å²) in [5.41, 5.74) is 1.72. The van der Waals surface area contributed by atoms with E-state index in [-0.39, 0.29) is 11.2 Å². The van der Waals surface area contributed by atoms with E-state index in [0.29, 0.717) is 5.92 Å². The van der Waals surface area contributed by atoms with Crippen LogP contribution < -0.4 is 4.90 Å². The van der Waals surface area contributed by atoms with Crippen LogP contribution >= 0.6 is 0 Å². The van der Waals surface area contributed by atoms with E-state index in [4.69, 9.17) is 0 Å². The fourth-order valence-electron chi connectivity index (χ4n) is 3.07. The van der Waals surface area contributed by atoms with Gasteiger partial charge in [-0.25, -0.2) is 9.37 Å². The minimum atomic E-state index is -0.290. The van der Waals surface area contributed by atoms with E-state index in [1.807, 2.05) is 18.2 Å². The maximum atomic E-state index is 13.3. The van der Waals surface area contributed by atoms with Gasteiger partial charge in [-0.3, -0.25) is 4.98 Å². The maximum absolute atomic E-state index is 13.3. The third-order valence-electron chi connectivity index (χ3n) is 4.31. The number of hydrogen-bond acceptors (Lipinski definition) is 3. The summed E-state index contributed by atoms with van der Waals surface area (Å²) in [5, 5.41) is 0. The van der Waals surface area contributed by atoms with Gasteiger partial charge in [-0.2, -0.15) is 0 Å². The van der Waals surface area contributed by atoms with Gasteiger partial charge in [0, 0.05) is 25.4 Å². The number of fused-ring (bicyclic) bond motifs is 1. The lowest BCUT2D eigenvalue weighted by molar-refractivity contribution is 0.619. The maximum Gasteiger partial charge on any atom is 0.143 e. The van der Waals surface area contributed by atoms with Gasteiger partial charge in [0.25, 0.3) is 0 Å². The predicted molar refractivity (Wildman–Crippen MR) is 78.1 cm³/mol. The molecule has 1 aliphatic heterocycles. The summed E-state index contributed by atoms with van der Waals surface area (Å²) in [4.78, 5) is 10.3. The first kappa shape index (κ1) is 12.3. The second-order valence-electron chi connectivity index (χ2n) is 5.76. The number of rotatable bonds is 1. The van der Waals surface area contributed by atoms with Crippen molar-refractivity contribution in [1.82, 2.24) is 9.97 Å². The lowest BCUT2D eigenvalue weighted by Gasteiger charge is -2.20. The summed E-state index contributed by atoms with van der Waals surface area (Å²) < 4.78 is 13.3. The molecule has 21 heavy (non-hydrogen) atoms. The Morgan fingerprint density at radius 2 is 2.29 bits per heavy atom. The quantitative estimate of drug-likeness (QED) is 0.751. The molecule has 4 rings (SSSR count). The molecular formula is C17H14FN3. The van der Waals surface area contributed by atoms with Gasteiger partial charge in [0.2, 0.25) is 0 Å². The molecule has 2 unspecified atom stereocenters. The molecule has 0 amide bonds. The summed E-state index contributed by atoms with van der Waals surface area (Å²) in [5.74, 6) is 6.86. The van der Waals surface area contributed by atoms with E-state index >= 15 is 0 Å². The normalized spacial score (nSPS) is 26.0. The number of halogens is 1. The van der Waals surface area contributed by atoms with E-state index in [2.05, 4.69) is 26.7 Å². The van der Waals surface area contributed by atoms with Crippen LogP contribution in [0.3, 0.4) is 0 Å². The molecule has 4 heteroatoms. The molecule has 2 aromatic rings. The number of aromatic nitrogens is 2. The first-order chi connectivity index (χ1) is 10.3. The zero-order chi connectivity index (χ0) is 14.3. The third-order valence-corrected chi connectivity index (χ3v) is 4.31. The molecule has 1 saturated heterocycles. The van der Waals surface area contributed by atoms with Crippen LogP contribution in [0.2, 0.25) is 0 Å². The Bertz CT molecular complexity index is 734. The SMILES string of the molecule is Fc1cncc(N2CC3CC3(C#Cc3ccccn3)C2)c1. The van der Waals surface area contributed by atoms with Gasteiger partial charge in [0.05, 0.1) is 23.5 Å². The zero-order valence-electron chi connectivity index (χ0n) is 11.5. The van der Waals surface area contributed by atoms with Gasteiger partial charge in [-0.1, -0.05) is 12.0 Å². The van der Waals surface area contributed by atoms with E-state index in [0.717, 1.165) is 30.9 Å². The third kappa shape index (κ3) is 2.25. The molecule has 0 spiro atoms. The van der Waals surface area contributed by atoms with Crippen molar-refractivity contribution in [2.75, 3.05) is 18.0 Å². The summed E-state index contributed by atoms with van der Waals surface area (Å²) in [6, 6.07) is 7.29. The van der Waals surface area contributed by atoms with E-state index in [9.17, 15) is 4.39 Å². The number of pyridine rings is 2. The fourth-order valence-corrected chi connectivity index (χ4v) is 3.07. The highest BCUT2D eigenvalue weighted by Crippen LogP contribution is 2.57. The molecule has 3 nitrogen and oxygen atoms in total. The summed E-state index contributed by atoms with van der Waals surface area (Å²) in [6.45, 7) is 1.78. The Hall–Kier alpha value is -2.41. The molecule has 2 aromatic heterocycles. The monoisotopic (exact) mass is 279 g/mol. The Labute approximate surface area is 122 Å². The Kier molecular flexibility index (Phi) is 2.68. The second kappa shape index (κ2) is 4.56. The Balaban J connectivity index is 1.53. The van der Waals surface area contributed by atoms with Crippen molar-refractivity contribution < 1.29 is 4.39 Å². The first-order valence-corrected chi connectivity index (χ1v) is 7.05. The Morgan fingerprint density at radius 1 is 1.33 bits per heavy atom. The van der Waals surface area contributed by atoms with Crippen LogP contribution in [0.25, 0.3) is 0 Å². The highest BCUT2D eigenvalue weighted by molar-refractivity contribution is 5.50. The van der Waals surface area contributed by atoms with E-state index < -0.39 is 0 Å². The number of nitrogens with zero attached hydrogens (tertiary/aromatic N) is 3. The molecular weight excluding hydrogens is 265 g/mol. The van der Waals surface area contributed by atoms with Crippen LogP contribution in [-0.2, 0) is 0 Å². The highest BCUT2D eigenvalue weighted by Gasteiger charge is 2.59. The molecule has 3 heterocycles. The highest BCUT2D eigenvalue weighted by atomic mass is 19.1. The fraction of sp³-hybridized carbons (Fsp3) is 0.294. The molecule has 0 radical (unpaired) electrons. The van der Waals surface area contributed by atoms with Crippen molar-refractivity contribution in [1.29, 1.82) is 0 Å². The second-order valence-corrected chi connectivity index (χ2v) is 5.76. The van der Waals surface area contributed by atoms with Crippen LogP contribution in [0.1, 0.15) is 12.1 Å². The van der Waals surface area contributed by atoms with E-state index in [1.54, 1.807) is 12.4 Å². The van der Waals surface area contributed by atoms with Gasteiger partial charge >= 0.3 is 0 Å². The van der Waals surface area contributed by atoms with E-state index in [1.165, 1.54) is 12.3 Å². The van der Waals surface area contributed by atoms with Crippen molar-refractivity contribution in [3.63, 3.8) is 0 Å². The molecule has 2 fully saturated rings. The largest absolute Gasteiger partial charge is 0.368 e. The number of hydrogen-bond donors (Lipinski definition) is 0. The van der Waals surface area contributed by atoms with Crippen LogP contribution in [0, 0.1) is 29.0 Å². The molecule has 2 aliphatic rings. The number of piperidine rings is 1. The van der Waals surface area contributed by atoms with Crippen LogP contribution in [0.15, 0.2) is 42.9 Å². The zero-order valence-corrected chi connectivity index (χ0v) is 11.5. The van der Waals surface area contributed by atoms with Crippen LogP contribution in [0.5, 0.6) is 0 Å². The minimum absolute atomic E-state index is 0.0594. The molecule has 1 saturated carbocycles. The van der Waals surface area contributed by atoms with Gasteiger partial charge in [-0.05, 0) is 30.4 Å². The Morgan fingerprint density at radius 3 is 3.10 bits per heavy atom. The van der Waals surface area contributed by atoms with Gasteiger partial charge in [-0.15, -0.1) is 0 Å². The van der Waals surface area contributed by atoms with Crippen LogP contribution in [-0.4, -0.2) is 23.1 Å². The van der Waals surface area contributed by atoms with Gasteiger partial charge in [0.1, 0.15) is 11.5 Å². The summed E-state index contributed by atoms with van der Waals surface area (Å²) in [7, 11) is 0. The van der Waals surface area contributed by atoms with Crippen molar-refractivity contribution >= 4 is 5.69 Å². The molecule has 0 bridgehead atoms. The van der Waals surface area contributed by atoms with Crippen molar-refractivity contribution in [3.05, 3.63) is 54.4 Å². The average molecular weight is 279 g/mol. The lowest BCUT2D eigenvalue weighted by atomic mass is 10.1. The number of anilines is 1. The molecule has 0 aromatic carbocycles. The standard InChI is InChI=1S/C17H14FN3/c18-14-7-16(10-19-9-14)21-11-13-8-17(13,12-21)5-4-15-3-1-2-6-20-15/h1-3,6-7,9-10,13H,8,11-12H2. The van der Waals surface area contributed by atoms with Crippen molar-refractivity contribution in [2.24, 2.45) is 11.3 Å².